The number of nitrogens with one attached hydrogen (secondary N) is 1. The second kappa shape index (κ2) is 7.27. The molecule has 0 aliphatic carbocycles. The molecular formula is C16H25F3N2. The molecule has 1 rings (SSSR count). The SMILES string of the molecule is CN(C)CC(C)(C)CNC(CC(F)(F)F)c1ccccc1. The number of halogens is 3. The van der Waals surface area contributed by atoms with Crippen molar-refractivity contribution in [3.05, 3.63) is 35.9 Å². The molecule has 0 saturated carbocycles. The number of benzene rings is 1. The van der Waals surface area contributed by atoms with Crippen LogP contribution in [0, 0.1) is 5.41 Å². The molecule has 0 bridgehead atoms. The number of rotatable bonds is 7. The molecule has 2 nitrogen and oxygen atoms in total. The van der Waals surface area contributed by atoms with Crippen molar-refractivity contribution in [2.24, 2.45) is 5.41 Å². The van der Waals surface area contributed by atoms with Crippen LogP contribution in [-0.4, -0.2) is 38.3 Å². The van der Waals surface area contributed by atoms with E-state index in [0.29, 0.717) is 12.1 Å². The molecule has 120 valence electrons. The van der Waals surface area contributed by atoms with Gasteiger partial charge in [-0.1, -0.05) is 44.2 Å². The van der Waals surface area contributed by atoms with Gasteiger partial charge in [0.15, 0.2) is 0 Å². The fraction of sp³-hybridized carbons (Fsp3) is 0.625. The Morgan fingerprint density at radius 3 is 2.14 bits per heavy atom. The minimum atomic E-state index is -4.18. The molecule has 0 spiro atoms. The van der Waals surface area contributed by atoms with Gasteiger partial charge in [0.1, 0.15) is 0 Å². The monoisotopic (exact) mass is 302 g/mol. The van der Waals surface area contributed by atoms with Crippen molar-refractivity contribution in [1.82, 2.24) is 10.2 Å². The maximum Gasteiger partial charge on any atom is 0.390 e. The van der Waals surface area contributed by atoms with Gasteiger partial charge in [0.05, 0.1) is 6.42 Å². The predicted octanol–water partition coefficient (Wildman–Crippen LogP) is 3.86. The molecular weight excluding hydrogens is 277 g/mol. The summed E-state index contributed by atoms with van der Waals surface area (Å²) >= 11 is 0. The van der Waals surface area contributed by atoms with Crippen LogP contribution in [0.15, 0.2) is 30.3 Å². The van der Waals surface area contributed by atoms with Crippen molar-refractivity contribution in [2.75, 3.05) is 27.2 Å². The molecule has 0 radical (unpaired) electrons. The lowest BCUT2D eigenvalue weighted by molar-refractivity contribution is -0.140. The van der Waals surface area contributed by atoms with Crippen molar-refractivity contribution >= 4 is 0 Å². The van der Waals surface area contributed by atoms with Crippen LogP contribution in [-0.2, 0) is 0 Å². The van der Waals surface area contributed by atoms with Gasteiger partial charge in [-0.2, -0.15) is 13.2 Å². The molecule has 1 aromatic carbocycles. The molecule has 5 heteroatoms. The van der Waals surface area contributed by atoms with Crippen molar-refractivity contribution < 1.29 is 13.2 Å². The zero-order valence-electron chi connectivity index (χ0n) is 13.2. The van der Waals surface area contributed by atoms with Gasteiger partial charge < -0.3 is 10.2 Å². The average Bonchev–Trinajstić information content (AvgIpc) is 2.33. The smallest absolute Gasteiger partial charge is 0.309 e. The van der Waals surface area contributed by atoms with Crippen LogP contribution >= 0.6 is 0 Å². The van der Waals surface area contributed by atoms with Gasteiger partial charge in [-0.3, -0.25) is 0 Å². The molecule has 0 heterocycles. The van der Waals surface area contributed by atoms with E-state index in [1.54, 1.807) is 24.3 Å². The van der Waals surface area contributed by atoms with Gasteiger partial charge >= 0.3 is 6.18 Å². The topological polar surface area (TPSA) is 15.3 Å². The Morgan fingerprint density at radius 2 is 1.67 bits per heavy atom. The third kappa shape index (κ3) is 7.48. The highest BCUT2D eigenvalue weighted by molar-refractivity contribution is 5.19. The standard InChI is InChI=1S/C16H25F3N2/c1-15(2,12-21(3)4)11-20-14(10-16(17,18)19)13-8-6-5-7-9-13/h5-9,14,20H,10-12H2,1-4H3. The Labute approximate surface area is 125 Å². The molecule has 0 aliphatic heterocycles. The van der Waals surface area contributed by atoms with Crippen LogP contribution in [0.2, 0.25) is 0 Å². The lowest BCUT2D eigenvalue weighted by Gasteiger charge is -2.31. The van der Waals surface area contributed by atoms with E-state index >= 15 is 0 Å². The van der Waals surface area contributed by atoms with Crippen molar-refractivity contribution in [3.8, 4) is 0 Å². The van der Waals surface area contributed by atoms with E-state index in [1.165, 1.54) is 0 Å². The van der Waals surface area contributed by atoms with Crippen molar-refractivity contribution in [3.63, 3.8) is 0 Å². The summed E-state index contributed by atoms with van der Waals surface area (Å²) in [7, 11) is 3.93. The highest BCUT2D eigenvalue weighted by Crippen LogP contribution is 2.30. The summed E-state index contributed by atoms with van der Waals surface area (Å²) in [5.74, 6) is 0. The zero-order valence-corrected chi connectivity index (χ0v) is 13.2. The van der Waals surface area contributed by atoms with Gasteiger partial charge in [-0.25, -0.2) is 0 Å². The Kier molecular flexibility index (Phi) is 6.23. The maximum atomic E-state index is 12.8. The van der Waals surface area contributed by atoms with E-state index in [9.17, 15) is 13.2 Å². The summed E-state index contributed by atoms with van der Waals surface area (Å²) in [5.41, 5.74) is 0.581. The maximum absolute atomic E-state index is 12.8. The molecule has 21 heavy (non-hydrogen) atoms. The van der Waals surface area contributed by atoms with Gasteiger partial charge in [0, 0.05) is 19.1 Å². The number of nitrogens with zero attached hydrogens (tertiary/aromatic N) is 1. The molecule has 1 aromatic rings. The van der Waals surface area contributed by atoms with Crippen LogP contribution in [0.4, 0.5) is 13.2 Å². The second-order valence-corrected chi connectivity index (χ2v) is 6.57. The Balaban J connectivity index is 2.75. The minimum Gasteiger partial charge on any atom is -0.309 e. The summed E-state index contributed by atoms with van der Waals surface area (Å²) in [6.07, 6.45) is -5.03. The second-order valence-electron chi connectivity index (χ2n) is 6.57. The summed E-state index contributed by atoms with van der Waals surface area (Å²) in [4.78, 5) is 2.04. The first-order valence-corrected chi connectivity index (χ1v) is 7.09. The molecule has 1 atom stereocenters. The fourth-order valence-corrected chi connectivity index (χ4v) is 2.54. The summed E-state index contributed by atoms with van der Waals surface area (Å²) < 4.78 is 38.3. The molecule has 1 unspecified atom stereocenters. The largest absolute Gasteiger partial charge is 0.390 e. The predicted molar refractivity (Wildman–Crippen MR) is 80.2 cm³/mol. The molecule has 0 amide bonds. The third-order valence-electron chi connectivity index (χ3n) is 3.21. The number of hydrogen-bond donors (Lipinski definition) is 1. The lowest BCUT2D eigenvalue weighted by atomic mass is 9.91. The molecule has 0 aliphatic rings. The molecule has 0 saturated heterocycles. The average molecular weight is 302 g/mol. The van der Waals surface area contributed by atoms with E-state index < -0.39 is 18.6 Å². The van der Waals surface area contributed by atoms with Gasteiger partial charge in [0.2, 0.25) is 0 Å². The van der Waals surface area contributed by atoms with E-state index in [-0.39, 0.29) is 5.41 Å². The third-order valence-corrected chi connectivity index (χ3v) is 3.21. The molecule has 0 fully saturated rings. The quantitative estimate of drug-likeness (QED) is 0.823. The van der Waals surface area contributed by atoms with Crippen LogP contribution in [0.5, 0.6) is 0 Å². The van der Waals surface area contributed by atoms with E-state index in [1.807, 2.05) is 25.1 Å². The van der Waals surface area contributed by atoms with Gasteiger partial charge in [0.25, 0.3) is 0 Å². The fourth-order valence-electron chi connectivity index (χ4n) is 2.54. The van der Waals surface area contributed by atoms with Crippen molar-refractivity contribution in [2.45, 2.75) is 32.5 Å². The van der Waals surface area contributed by atoms with E-state index in [4.69, 9.17) is 0 Å². The first-order chi connectivity index (χ1) is 9.59. The first kappa shape index (κ1) is 18.0. The van der Waals surface area contributed by atoms with Crippen LogP contribution < -0.4 is 5.32 Å². The van der Waals surface area contributed by atoms with Crippen LogP contribution in [0.25, 0.3) is 0 Å². The summed E-state index contributed by atoms with van der Waals surface area (Å²) in [6.45, 7) is 5.44. The van der Waals surface area contributed by atoms with E-state index in [2.05, 4.69) is 19.2 Å². The summed E-state index contributed by atoms with van der Waals surface area (Å²) in [5, 5.41) is 3.09. The first-order valence-electron chi connectivity index (χ1n) is 7.09. The Morgan fingerprint density at radius 1 is 1.10 bits per heavy atom. The zero-order chi connectivity index (χ0) is 16.1. The minimum absolute atomic E-state index is 0.0951. The highest BCUT2D eigenvalue weighted by Gasteiger charge is 2.33. The Bertz CT molecular complexity index is 413. The van der Waals surface area contributed by atoms with Gasteiger partial charge in [-0.15, -0.1) is 0 Å². The lowest BCUT2D eigenvalue weighted by Crippen LogP contribution is -2.40. The molecule has 1 N–H and O–H groups in total. The van der Waals surface area contributed by atoms with Crippen LogP contribution in [0.3, 0.4) is 0 Å². The van der Waals surface area contributed by atoms with E-state index in [0.717, 1.165) is 6.54 Å². The summed E-state index contributed by atoms with van der Waals surface area (Å²) in [6, 6.07) is 8.12. The normalized spacial score (nSPS) is 14.5. The van der Waals surface area contributed by atoms with Crippen molar-refractivity contribution in [1.29, 1.82) is 0 Å². The van der Waals surface area contributed by atoms with Gasteiger partial charge in [-0.05, 0) is 25.1 Å². The number of alkyl halides is 3. The van der Waals surface area contributed by atoms with Crippen LogP contribution in [0.1, 0.15) is 31.9 Å². The number of hydrogen-bond acceptors (Lipinski definition) is 2. The highest BCUT2D eigenvalue weighted by atomic mass is 19.4. The molecule has 0 aromatic heterocycles. The Hall–Kier alpha value is -1.07.